The molecule has 1 amide bonds. The van der Waals surface area contributed by atoms with Gasteiger partial charge in [-0.25, -0.2) is 13.4 Å². The van der Waals surface area contributed by atoms with E-state index in [1.54, 1.807) is 0 Å². The summed E-state index contributed by atoms with van der Waals surface area (Å²) in [6.07, 6.45) is 0. The average Bonchev–Trinajstić information content (AvgIpc) is 2.71. The van der Waals surface area contributed by atoms with Crippen molar-refractivity contribution in [3.8, 4) is 0 Å². The highest BCUT2D eigenvalue weighted by Crippen LogP contribution is 2.31. The van der Waals surface area contributed by atoms with E-state index >= 15 is 0 Å². The number of nitrogens with two attached hydrogens (primary N) is 1. The Labute approximate surface area is 134 Å². The van der Waals surface area contributed by atoms with Crippen LogP contribution in [0, 0.1) is 6.92 Å². The van der Waals surface area contributed by atoms with Crippen molar-refractivity contribution in [2.24, 2.45) is 5.73 Å². The number of sulfonamides is 1. The number of aryl methyl sites for hydroxylation is 1. The summed E-state index contributed by atoms with van der Waals surface area (Å²) in [5.41, 5.74) is 5.62. The summed E-state index contributed by atoms with van der Waals surface area (Å²) in [5.74, 6) is -0.691. The number of rotatable bonds is 4. The van der Waals surface area contributed by atoms with Gasteiger partial charge in [-0.15, -0.1) is 0 Å². The van der Waals surface area contributed by atoms with Gasteiger partial charge in [-0.2, -0.15) is 0 Å². The van der Waals surface area contributed by atoms with E-state index in [0.717, 1.165) is 11.3 Å². The summed E-state index contributed by atoms with van der Waals surface area (Å²) in [5, 5.41) is 0.136. The molecule has 2 rings (SSSR count). The molecular formula is C11H9Cl2N3O3S2. The van der Waals surface area contributed by atoms with E-state index in [2.05, 4.69) is 9.71 Å². The zero-order chi connectivity index (χ0) is 15.8. The number of thiazole rings is 1. The number of anilines is 1. The van der Waals surface area contributed by atoms with Crippen molar-refractivity contribution in [1.29, 1.82) is 0 Å². The molecule has 0 radical (unpaired) electrons. The van der Waals surface area contributed by atoms with Gasteiger partial charge >= 0.3 is 0 Å². The average molecular weight is 366 g/mol. The first-order valence-electron chi connectivity index (χ1n) is 5.46. The highest BCUT2D eigenvalue weighted by molar-refractivity contribution is 7.94. The van der Waals surface area contributed by atoms with Crippen molar-refractivity contribution in [2.45, 2.75) is 11.1 Å². The van der Waals surface area contributed by atoms with Gasteiger partial charge in [0.2, 0.25) is 5.91 Å². The molecule has 0 saturated heterocycles. The van der Waals surface area contributed by atoms with Gasteiger partial charge in [-0.1, -0.05) is 34.5 Å². The Kier molecular flexibility index (Phi) is 4.43. The van der Waals surface area contributed by atoms with Gasteiger partial charge in [0.1, 0.15) is 0 Å². The summed E-state index contributed by atoms with van der Waals surface area (Å²) in [4.78, 5) is 15.0. The lowest BCUT2D eigenvalue weighted by molar-refractivity contribution is 0.100. The first-order valence-corrected chi connectivity index (χ1v) is 8.51. The van der Waals surface area contributed by atoms with E-state index in [0.29, 0.717) is 0 Å². The van der Waals surface area contributed by atoms with Crippen molar-refractivity contribution in [1.82, 2.24) is 4.98 Å². The lowest BCUT2D eigenvalue weighted by atomic mass is 10.2. The van der Waals surface area contributed by atoms with Crippen LogP contribution in [-0.4, -0.2) is 19.3 Å². The van der Waals surface area contributed by atoms with Crippen LogP contribution in [0.1, 0.15) is 16.1 Å². The number of amides is 1. The van der Waals surface area contributed by atoms with Gasteiger partial charge < -0.3 is 5.73 Å². The first kappa shape index (κ1) is 16.0. The van der Waals surface area contributed by atoms with E-state index < -0.39 is 15.9 Å². The van der Waals surface area contributed by atoms with Crippen LogP contribution >= 0.6 is 34.5 Å². The molecule has 0 aliphatic carbocycles. The fourth-order valence-corrected chi connectivity index (χ4v) is 4.58. The van der Waals surface area contributed by atoms with Crippen LogP contribution in [0.2, 0.25) is 9.49 Å². The molecule has 1 aromatic heterocycles. The van der Waals surface area contributed by atoms with Gasteiger partial charge in [-0.3, -0.25) is 9.52 Å². The molecule has 6 nitrogen and oxygen atoms in total. The van der Waals surface area contributed by atoms with E-state index in [1.807, 2.05) is 0 Å². The molecular weight excluding hydrogens is 357 g/mol. The van der Waals surface area contributed by atoms with Crippen LogP contribution in [-0.2, 0) is 10.0 Å². The standard InChI is InChI=1S/C11H9Cl2N3O3S2/c1-5-10(20-11(13)15-5)21(18,19)16-8-4-6(9(14)17)2-3-7(8)12/h2-4,16H,1H3,(H2,14,17). The predicted octanol–water partition coefficient (Wildman–Crippen LogP) is 2.66. The number of hydrogen-bond donors (Lipinski definition) is 2. The molecule has 0 aliphatic heterocycles. The largest absolute Gasteiger partial charge is 0.366 e. The number of halogens is 2. The maximum atomic E-state index is 12.3. The second kappa shape index (κ2) is 5.80. The third-order valence-electron chi connectivity index (χ3n) is 2.47. The lowest BCUT2D eigenvalue weighted by Gasteiger charge is -2.09. The van der Waals surface area contributed by atoms with Crippen LogP contribution < -0.4 is 10.5 Å². The minimum absolute atomic E-state index is 0.0203. The maximum Gasteiger partial charge on any atom is 0.273 e. The Bertz CT molecular complexity index is 818. The van der Waals surface area contributed by atoms with Crippen molar-refractivity contribution in [3.05, 3.63) is 38.9 Å². The zero-order valence-corrected chi connectivity index (χ0v) is 13.7. The van der Waals surface area contributed by atoms with Crippen LogP contribution in [0.5, 0.6) is 0 Å². The van der Waals surface area contributed by atoms with E-state index in [-0.39, 0.29) is 30.6 Å². The Morgan fingerprint density at radius 1 is 1.38 bits per heavy atom. The first-order chi connectivity index (χ1) is 9.70. The Morgan fingerprint density at radius 3 is 2.57 bits per heavy atom. The number of primary amides is 1. The minimum atomic E-state index is -3.90. The third-order valence-corrected chi connectivity index (χ3v) is 6.03. The summed E-state index contributed by atoms with van der Waals surface area (Å²) >= 11 is 12.4. The molecule has 21 heavy (non-hydrogen) atoms. The van der Waals surface area contributed by atoms with Gasteiger partial charge in [0.25, 0.3) is 10.0 Å². The summed E-state index contributed by atoms with van der Waals surface area (Å²) in [6.45, 7) is 1.53. The molecule has 0 aliphatic rings. The highest BCUT2D eigenvalue weighted by atomic mass is 35.5. The second-order valence-corrected chi connectivity index (χ2v) is 7.87. The molecule has 0 bridgehead atoms. The fourth-order valence-electron chi connectivity index (χ4n) is 1.55. The van der Waals surface area contributed by atoms with Gasteiger partial charge in [-0.05, 0) is 25.1 Å². The molecule has 1 aromatic carbocycles. The number of nitrogens with zero attached hydrogens (tertiary/aromatic N) is 1. The van der Waals surface area contributed by atoms with Gasteiger partial charge in [0, 0.05) is 5.56 Å². The topological polar surface area (TPSA) is 102 Å². The Morgan fingerprint density at radius 2 is 2.05 bits per heavy atom. The van der Waals surface area contributed by atoms with Crippen molar-refractivity contribution >= 4 is 56.2 Å². The molecule has 0 fully saturated rings. The molecule has 0 atom stereocenters. The number of nitrogens with one attached hydrogen (secondary N) is 1. The van der Waals surface area contributed by atoms with Crippen molar-refractivity contribution in [3.63, 3.8) is 0 Å². The number of hydrogen-bond acceptors (Lipinski definition) is 5. The van der Waals surface area contributed by atoms with Crippen LogP contribution in [0.25, 0.3) is 0 Å². The summed E-state index contributed by atoms with van der Waals surface area (Å²) in [6, 6.07) is 4.05. The SMILES string of the molecule is Cc1nc(Cl)sc1S(=O)(=O)Nc1cc(C(N)=O)ccc1Cl. The monoisotopic (exact) mass is 365 g/mol. The third kappa shape index (κ3) is 3.46. The molecule has 0 spiro atoms. The summed E-state index contributed by atoms with van der Waals surface area (Å²) < 4.78 is 27.0. The number of carbonyl (C=O) groups is 1. The molecule has 1 heterocycles. The molecule has 112 valence electrons. The number of carbonyl (C=O) groups excluding carboxylic acids is 1. The van der Waals surface area contributed by atoms with Gasteiger partial charge in [0.15, 0.2) is 8.68 Å². The number of aromatic nitrogens is 1. The van der Waals surface area contributed by atoms with Crippen LogP contribution in [0.4, 0.5) is 5.69 Å². The minimum Gasteiger partial charge on any atom is -0.366 e. The fraction of sp³-hybridized carbons (Fsp3) is 0.0909. The van der Waals surface area contributed by atoms with Gasteiger partial charge in [0.05, 0.1) is 16.4 Å². The lowest BCUT2D eigenvalue weighted by Crippen LogP contribution is -2.15. The summed E-state index contributed by atoms with van der Waals surface area (Å²) in [7, 11) is -3.90. The normalized spacial score (nSPS) is 11.4. The molecule has 0 saturated carbocycles. The smallest absolute Gasteiger partial charge is 0.273 e. The Balaban J connectivity index is 2.43. The molecule has 3 N–H and O–H groups in total. The maximum absolute atomic E-state index is 12.3. The zero-order valence-electron chi connectivity index (χ0n) is 10.6. The van der Waals surface area contributed by atoms with E-state index in [9.17, 15) is 13.2 Å². The number of benzene rings is 1. The quantitative estimate of drug-likeness (QED) is 0.868. The van der Waals surface area contributed by atoms with Crippen molar-refractivity contribution < 1.29 is 13.2 Å². The van der Waals surface area contributed by atoms with Crippen molar-refractivity contribution in [2.75, 3.05) is 4.72 Å². The van der Waals surface area contributed by atoms with E-state index in [4.69, 9.17) is 28.9 Å². The Hall–Kier alpha value is -1.35. The highest BCUT2D eigenvalue weighted by Gasteiger charge is 2.22. The molecule has 0 unspecified atom stereocenters. The van der Waals surface area contributed by atoms with E-state index in [1.165, 1.54) is 25.1 Å². The van der Waals surface area contributed by atoms with Crippen LogP contribution in [0.3, 0.4) is 0 Å². The second-order valence-electron chi connectivity index (χ2n) is 4.00. The molecule has 10 heteroatoms. The van der Waals surface area contributed by atoms with Crippen LogP contribution in [0.15, 0.2) is 22.4 Å². The molecule has 2 aromatic rings. The predicted molar refractivity (Wildman–Crippen MR) is 82.6 cm³/mol.